The Bertz CT molecular complexity index is 1020. The van der Waals surface area contributed by atoms with Crippen molar-refractivity contribution in [3.8, 4) is 11.4 Å². The second kappa shape index (κ2) is 10.5. The topological polar surface area (TPSA) is 85.7 Å². The quantitative estimate of drug-likeness (QED) is 0.608. The SMILES string of the molecule is CCN(c1cc(-c2nccn2C)cc(C(=O)OC)c1C)[C@H]1CC[C@H](NC(=O)OC(C)(C)C)CC1. The molecule has 0 spiro atoms. The highest BCUT2D eigenvalue weighted by Crippen LogP contribution is 2.35. The minimum Gasteiger partial charge on any atom is -0.465 e. The molecule has 0 atom stereocenters. The lowest BCUT2D eigenvalue weighted by atomic mass is 9.89. The fourth-order valence-electron chi connectivity index (χ4n) is 4.72. The van der Waals surface area contributed by atoms with E-state index in [1.165, 1.54) is 7.11 Å². The van der Waals surface area contributed by atoms with Gasteiger partial charge in [-0.2, -0.15) is 0 Å². The largest absolute Gasteiger partial charge is 0.465 e. The van der Waals surface area contributed by atoms with Gasteiger partial charge in [-0.1, -0.05) is 0 Å². The van der Waals surface area contributed by atoms with E-state index in [9.17, 15) is 9.59 Å². The number of anilines is 1. The minimum atomic E-state index is -0.507. The van der Waals surface area contributed by atoms with Crippen molar-refractivity contribution in [2.75, 3.05) is 18.6 Å². The predicted molar refractivity (Wildman–Crippen MR) is 133 cm³/mol. The molecule has 1 aliphatic rings. The molecule has 0 radical (unpaired) electrons. The summed E-state index contributed by atoms with van der Waals surface area (Å²) < 4.78 is 12.4. The van der Waals surface area contributed by atoms with Gasteiger partial charge < -0.3 is 24.3 Å². The number of ether oxygens (including phenoxy) is 2. The van der Waals surface area contributed by atoms with Crippen LogP contribution >= 0.6 is 0 Å². The molecule has 1 fully saturated rings. The van der Waals surface area contributed by atoms with Gasteiger partial charge >= 0.3 is 12.1 Å². The van der Waals surface area contributed by atoms with E-state index in [2.05, 4.69) is 28.2 Å². The second-order valence-corrected chi connectivity index (χ2v) is 9.96. The highest BCUT2D eigenvalue weighted by molar-refractivity contribution is 5.94. The Balaban J connectivity index is 1.83. The van der Waals surface area contributed by atoms with Crippen LogP contribution in [0, 0.1) is 6.92 Å². The number of alkyl carbamates (subject to hydrolysis) is 1. The number of aromatic nitrogens is 2. The van der Waals surface area contributed by atoms with E-state index in [-0.39, 0.29) is 18.1 Å². The molecule has 186 valence electrons. The van der Waals surface area contributed by atoms with Gasteiger partial charge in [-0.15, -0.1) is 0 Å². The molecule has 8 heteroatoms. The van der Waals surface area contributed by atoms with Gasteiger partial charge in [-0.25, -0.2) is 14.6 Å². The van der Waals surface area contributed by atoms with Crippen LogP contribution in [0.25, 0.3) is 11.4 Å². The zero-order valence-electron chi connectivity index (χ0n) is 21.5. The van der Waals surface area contributed by atoms with E-state index >= 15 is 0 Å². The first-order valence-corrected chi connectivity index (χ1v) is 12.0. The summed E-state index contributed by atoms with van der Waals surface area (Å²) in [6.07, 6.45) is 6.92. The van der Waals surface area contributed by atoms with Crippen molar-refractivity contribution in [2.45, 2.75) is 78.0 Å². The number of rotatable bonds is 6. The number of imidazole rings is 1. The van der Waals surface area contributed by atoms with Crippen LogP contribution in [0.2, 0.25) is 0 Å². The van der Waals surface area contributed by atoms with Crippen LogP contribution < -0.4 is 10.2 Å². The third-order valence-corrected chi connectivity index (χ3v) is 6.37. The summed E-state index contributed by atoms with van der Waals surface area (Å²) in [6, 6.07) is 4.40. The first-order valence-electron chi connectivity index (χ1n) is 12.0. The maximum atomic E-state index is 12.6. The first-order chi connectivity index (χ1) is 16.0. The van der Waals surface area contributed by atoms with Crippen LogP contribution in [0.1, 0.15) is 69.3 Å². The highest BCUT2D eigenvalue weighted by Gasteiger charge is 2.29. The number of aryl methyl sites for hydroxylation is 1. The molecule has 0 bridgehead atoms. The number of benzene rings is 1. The molecule has 0 aliphatic heterocycles. The molecule has 1 heterocycles. The fraction of sp³-hybridized carbons (Fsp3) is 0.577. The molecule has 8 nitrogen and oxygen atoms in total. The van der Waals surface area contributed by atoms with E-state index in [1.54, 1.807) is 6.20 Å². The molecule has 2 aromatic rings. The molecular formula is C26H38N4O4. The number of hydrogen-bond donors (Lipinski definition) is 1. The number of hydrogen-bond acceptors (Lipinski definition) is 6. The Morgan fingerprint density at radius 1 is 1.21 bits per heavy atom. The van der Waals surface area contributed by atoms with Crippen molar-refractivity contribution in [3.63, 3.8) is 0 Å². The Morgan fingerprint density at radius 3 is 2.41 bits per heavy atom. The van der Waals surface area contributed by atoms with Gasteiger partial charge in [0, 0.05) is 49.3 Å². The van der Waals surface area contributed by atoms with Gasteiger partial charge in [0.1, 0.15) is 11.4 Å². The monoisotopic (exact) mass is 470 g/mol. The smallest absolute Gasteiger partial charge is 0.407 e. The minimum absolute atomic E-state index is 0.107. The van der Waals surface area contributed by atoms with Crippen LogP contribution in [0.3, 0.4) is 0 Å². The van der Waals surface area contributed by atoms with E-state index in [0.717, 1.165) is 54.9 Å². The predicted octanol–water partition coefficient (Wildman–Crippen LogP) is 4.84. The number of nitrogens with one attached hydrogen (secondary N) is 1. The van der Waals surface area contributed by atoms with Crippen LogP contribution in [-0.2, 0) is 16.5 Å². The number of nitrogens with zero attached hydrogens (tertiary/aromatic N) is 3. The zero-order chi connectivity index (χ0) is 25.0. The standard InChI is InChI=1S/C26H38N4O4/c1-8-30(20-11-9-19(10-12-20)28-25(32)34-26(3,4)5)22-16-18(23-27-13-14-29(23)6)15-21(17(22)2)24(31)33-7/h13-16,19-20H,8-12H2,1-7H3,(H,28,32)/t19-,20-. The maximum absolute atomic E-state index is 12.6. The average Bonchev–Trinajstić information content (AvgIpc) is 3.20. The van der Waals surface area contributed by atoms with Crippen LogP contribution in [-0.4, -0.2) is 53.0 Å². The summed E-state index contributed by atoms with van der Waals surface area (Å²) in [7, 11) is 3.35. The van der Waals surface area contributed by atoms with Crippen molar-refractivity contribution in [1.29, 1.82) is 0 Å². The molecular weight excluding hydrogens is 432 g/mol. The molecule has 0 saturated heterocycles. The van der Waals surface area contributed by atoms with Crippen LogP contribution in [0.5, 0.6) is 0 Å². The maximum Gasteiger partial charge on any atom is 0.407 e. The van der Waals surface area contributed by atoms with Crippen LogP contribution in [0.15, 0.2) is 24.5 Å². The summed E-state index contributed by atoms with van der Waals surface area (Å²) in [6.45, 7) is 10.5. The fourth-order valence-corrected chi connectivity index (χ4v) is 4.72. The molecule has 1 N–H and O–H groups in total. The van der Waals surface area contributed by atoms with E-state index < -0.39 is 5.60 Å². The van der Waals surface area contributed by atoms with Gasteiger partial charge in [0.2, 0.25) is 0 Å². The lowest BCUT2D eigenvalue weighted by molar-refractivity contribution is 0.0490. The Morgan fingerprint density at radius 2 is 1.88 bits per heavy atom. The highest BCUT2D eigenvalue weighted by atomic mass is 16.6. The molecule has 1 aromatic heterocycles. The molecule has 34 heavy (non-hydrogen) atoms. The van der Waals surface area contributed by atoms with Gasteiger partial charge in [0.25, 0.3) is 0 Å². The summed E-state index contributed by atoms with van der Waals surface area (Å²) in [4.78, 5) is 31.6. The summed E-state index contributed by atoms with van der Waals surface area (Å²) in [5.74, 6) is 0.448. The van der Waals surface area contributed by atoms with Crippen molar-refractivity contribution in [3.05, 3.63) is 35.7 Å². The second-order valence-electron chi connectivity index (χ2n) is 9.96. The number of methoxy groups -OCH3 is 1. The van der Waals surface area contributed by atoms with E-state index in [0.29, 0.717) is 11.6 Å². The number of amides is 1. The molecule has 1 amide bonds. The van der Waals surface area contributed by atoms with Crippen molar-refractivity contribution < 1.29 is 19.1 Å². The Labute approximate surface area is 202 Å². The van der Waals surface area contributed by atoms with Crippen molar-refractivity contribution in [2.24, 2.45) is 7.05 Å². The normalized spacial score (nSPS) is 18.3. The molecule has 0 unspecified atom stereocenters. The lowest BCUT2D eigenvalue weighted by Gasteiger charge is -2.39. The van der Waals surface area contributed by atoms with Gasteiger partial charge in [0.05, 0.1) is 12.7 Å². The van der Waals surface area contributed by atoms with Crippen molar-refractivity contribution >= 4 is 17.7 Å². The molecule has 3 rings (SSSR count). The third-order valence-electron chi connectivity index (χ3n) is 6.37. The van der Waals surface area contributed by atoms with Gasteiger partial charge in [-0.05, 0) is 78.0 Å². The molecule has 1 saturated carbocycles. The first kappa shape index (κ1) is 25.6. The summed E-state index contributed by atoms with van der Waals surface area (Å²) >= 11 is 0. The Hall–Kier alpha value is -3.03. The average molecular weight is 471 g/mol. The molecule has 1 aromatic carbocycles. The summed E-state index contributed by atoms with van der Waals surface area (Å²) in [5.41, 5.74) is 2.85. The third kappa shape index (κ3) is 5.90. The van der Waals surface area contributed by atoms with Crippen molar-refractivity contribution in [1.82, 2.24) is 14.9 Å². The summed E-state index contributed by atoms with van der Waals surface area (Å²) in [5, 5.41) is 3.02. The van der Waals surface area contributed by atoms with E-state index in [4.69, 9.17) is 9.47 Å². The number of esters is 1. The number of carbonyl (C=O) groups excluding carboxylic acids is 2. The lowest BCUT2D eigenvalue weighted by Crippen LogP contribution is -2.45. The van der Waals surface area contributed by atoms with E-state index in [1.807, 2.05) is 51.6 Å². The number of carbonyl (C=O) groups is 2. The molecule has 1 aliphatic carbocycles. The van der Waals surface area contributed by atoms with Crippen LogP contribution in [0.4, 0.5) is 10.5 Å². The Kier molecular flexibility index (Phi) is 7.89. The van der Waals surface area contributed by atoms with Gasteiger partial charge in [0.15, 0.2) is 0 Å². The zero-order valence-corrected chi connectivity index (χ0v) is 21.5. The van der Waals surface area contributed by atoms with Gasteiger partial charge in [-0.3, -0.25) is 0 Å².